The van der Waals surface area contributed by atoms with E-state index in [1.54, 1.807) is 19.3 Å². The maximum absolute atomic E-state index is 12.3. The van der Waals surface area contributed by atoms with Gasteiger partial charge < -0.3 is 9.15 Å². The number of carbonyl (C=O) groups is 1. The topological polar surface area (TPSA) is 91.0 Å². The third-order valence-electron chi connectivity index (χ3n) is 3.90. The van der Waals surface area contributed by atoms with Crippen molar-refractivity contribution in [1.82, 2.24) is 20.2 Å². The Hall–Kier alpha value is -3.39. The van der Waals surface area contributed by atoms with E-state index in [9.17, 15) is 4.79 Å². The molecule has 0 saturated heterocycles. The Balaban J connectivity index is 1.38. The van der Waals surface area contributed by atoms with Crippen molar-refractivity contribution in [3.05, 3.63) is 71.8 Å². The summed E-state index contributed by atoms with van der Waals surface area (Å²) in [6.07, 6.45) is 2.87. The van der Waals surface area contributed by atoms with Gasteiger partial charge in [-0.3, -0.25) is 9.78 Å². The fourth-order valence-corrected chi connectivity index (χ4v) is 3.35. The Morgan fingerprint density at radius 2 is 1.96 bits per heavy atom. The molecule has 3 aromatic heterocycles. The second kappa shape index (κ2) is 8.10. The number of nitrogens with zero attached hydrogens (tertiary/aromatic N) is 4. The largest absolute Gasteiger partial charge is 0.452 e. The van der Waals surface area contributed by atoms with Crippen LogP contribution in [0.5, 0.6) is 0 Å². The molecule has 4 aromatic rings. The van der Waals surface area contributed by atoms with Crippen LogP contribution in [-0.4, -0.2) is 26.1 Å². The monoisotopic (exact) mass is 392 g/mol. The van der Waals surface area contributed by atoms with Crippen molar-refractivity contribution >= 4 is 17.3 Å². The summed E-state index contributed by atoms with van der Waals surface area (Å²) in [5, 5.41) is 10.6. The Kier molecular flexibility index (Phi) is 5.20. The lowest BCUT2D eigenvalue weighted by Gasteiger charge is -2.08. The third-order valence-corrected chi connectivity index (χ3v) is 4.84. The Morgan fingerprint density at radius 1 is 1.14 bits per heavy atom. The second-order valence-corrected chi connectivity index (χ2v) is 6.86. The molecule has 1 atom stereocenters. The average Bonchev–Trinajstić information content (AvgIpc) is 3.39. The van der Waals surface area contributed by atoms with Gasteiger partial charge in [0.25, 0.3) is 5.89 Å². The number of thiazole rings is 1. The van der Waals surface area contributed by atoms with Crippen molar-refractivity contribution in [1.29, 1.82) is 0 Å². The lowest BCUT2D eigenvalue weighted by Crippen LogP contribution is -2.12. The predicted octanol–water partition coefficient (Wildman–Crippen LogP) is 4.10. The molecule has 140 valence electrons. The van der Waals surface area contributed by atoms with E-state index in [0.29, 0.717) is 11.6 Å². The molecule has 0 aliphatic rings. The minimum atomic E-state index is -0.645. The molecule has 0 bridgehead atoms. The number of hydrogen-bond acceptors (Lipinski definition) is 8. The highest BCUT2D eigenvalue weighted by Crippen LogP contribution is 2.24. The molecule has 3 heterocycles. The van der Waals surface area contributed by atoms with E-state index in [-0.39, 0.29) is 12.3 Å². The summed E-state index contributed by atoms with van der Waals surface area (Å²) in [5.41, 5.74) is 2.38. The minimum Gasteiger partial charge on any atom is -0.452 e. The van der Waals surface area contributed by atoms with Gasteiger partial charge in [0, 0.05) is 28.9 Å². The number of esters is 1. The third kappa shape index (κ3) is 4.12. The standard InChI is InChI=1S/C20H16N4O3S/c1-13(18-23-24-19(27-18)14-6-3-2-4-7-14)26-17(25)10-16-12-28-20(22-16)15-8-5-9-21-11-15/h2-9,11-13H,10H2,1H3/t13-/m1/s1. The Labute approximate surface area is 165 Å². The van der Waals surface area contributed by atoms with Crippen molar-refractivity contribution in [2.24, 2.45) is 0 Å². The molecule has 0 amide bonds. The molecule has 28 heavy (non-hydrogen) atoms. The van der Waals surface area contributed by atoms with Crippen LogP contribution >= 0.6 is 11.3 Å². The average molecular weight is 392 g/mol. The van der Waals surface area contributed by atoms with Crippen LogP contribution in [0.15, 0.2) is 64.7 Å². The number of carbonyl (C=O) groups excluding carboxylic acids is 1. The van der Waals surface area contributed by atoms with Gasteiger partial charge in [0.1, 0.15) is 5.01 Å². The molecule has 0 spiro atoms. The summed E-state index contributed by atoms with van der Waals surface area (Å²) in [4.78, 5) is 20.8. The van der Waals surface area contributed by atoms with Crippen LogP contribution in [0.4, 0.5) is 0 Å². The van der Waals surface area contributed by atoms with E-state index in [1.807, 2.05) is 47.8 Å². The maximum atomic E-state index is 12.3. The van der Waals surface area contributed by atoms with Crippen molar-refractivity contribution < 1.29 is 13.9 Å². The Bertz CT molecular complexity index is 1060. The van der Waals surface area contributed by atoms with E-state index in [0.717, 1.165) is 16.1 Å². The quantitative estimate of drug-likeness (QED) is 0.456. The zero-order chi connectivity index (χ0) is 19.3. The summed E-state index contributed by atoms with van der Waals surface area (Å²) >= 11 is 1.46. The first-order valence-corrected chi connectivity index (χ1v) is 9.50. The summed E-state index contributed by atoms with van der Waals surface area (Å²) in [5.74, 6) is 0.232. The van der Waals surface area contributed by atoms with Crippen molar-refractivity contribution in [3.8, 4) is 22.0 Å². The van der Waals surface area contributed by atoms with Crippen molar-refractivity contribution in [3.63, 3.8) is 0 Å². The zero-order valence-corrected chi connectivity index (χ0v) is 15.8. The molecule has 0 fully saturated rings. The minimum absolute atomic E-state index is 0.0702. The molecular weight excluding hydrogens is 376 g/mol. The molecule has 7 nitrogen and oxygen atoms in total. The first-order chi connectivity index (χ1) is 13.7. The van der Waals surface area contributed by atoms with Gasteiger partial charge >= 0.3 is 5.97 Å². The lowest BCUT2D eigenvalue weighted by molar-refractivity contribution is -0.148. The molecule has 4 rings (SSSR count). The van der Waals surface area contributed by atoms with Crippen molar-refractivity contribution in [2.45, 2.75) is 19.4 Å². The van der Waals surface area contributed by atoms with Crippen LogP contribution < -0.4 is 0 Å². The Morgan fingerprint density at radius 3 is 2.75 bits per heavy atom. The van der Waals surface area contributed by atoms with Gasteiger partial charge in [-0.05, 0) is 31.2 Å². The highest BCUT2D eigenvalue weighted by molar-refractivity contribution is 7.13. The predicted molar refractivity (Wildman–Crippen MR) is 103 cm³/mol. The lowest BCUT2D eigenvalue weighted by atomic mass is 10.2. The number of hydrogen-bond donors (Lipinski definition) is 0. The number of aromatic nitrogens is 4. The summed E-state index contributed by atoms with van der Waals surface area (Å²) in [6.45, 7) is 1.70. The molecule has 0 aliphatic heterocycles. The number of ether oxygens (including phenoxy) is 1. The van der Waals surface area contributed by atoms with E-state index in [4.69, 9.17) is 9.15 Å². The van der Waals surface area contributed by atoms with Gasteiger partial charge in [-0.2, -0.15) is 0 Å². The van der Waals surface area contributed by atoms with E-state index in [2.05, 4.69) is 20.2 Å². The molecule has 0 unspecified atom stereocenters. The van der Waals surface area contributed by atoms with Crippen LogP contribution in [0.2, 0.25) is 0 Å². The fourth-order valence-electron chi connectivity index (χ4n) is 2.54. The van der Waals surface area contributed by atoms with E-state index >= 15 is 0 Å². The molecule has 0 saturated carbocycles. The van der Waals surface area contributed by atoms with E-state index in [1.165, 1.54) is 11.3 Å². The highest BCUT2D eigenvalue weighted by atomic mass is 32.1. The summed E-state index contributed by atoms with van der Waals surface area (Å²) in [7, 11) is 0. The summed E-state index contributed by atoms with van der Waals surface area (Å²) in [6, 6.07) is 13.2. The first kappa shape index (κ1) is 18.0. The van der Waals surface area contributed by atoms with Gasteiger partial charge in [-0.1, -0.05) is 18.2 Å². The molecule has 0 aliphatic carbocycles. The molecule has 8 heteroatoms. The van der Waals surface area contributed by atoms with Crippen LogP contribution in [0.3, 0.4) is 0 Å². The normalized spacial score (nSPS) is 11.9. The van der Waals surface area contributed by atoms with Crippen LogP contribution in [0.25, 0.3) is 22.0 Å². The second-order valence-electron chi connectivity index (χ2n) is 6.01. The maximum Gasteiger partial charge on any atom is 0.312 e. The van der Waals surface area contributed by atoms with Crippen LogP contribution in [0, 0.1) is 0 Å². The van der Waals surface area contributed by atoms with Crippen molar-refractivity contribution in [2.75, 3.05) is 0 Å². The fraction of sp³-hybridized carbons (Fsp3) is 0.150. The highest BCUT2D eigenvalue weighted by Gasteiger charge is 2.20. The van der Waals surface area contributed by atoms with Crippen LogP contribution in [-0.2, 0) is 16.0 Å². The van der Waals surface area contributed by atoms with E-state index < -0.39 is 12.1 Å². The SMILES string of the molecule is C[C@@H](OC(=O)Cc1csc(-c2cccnc2)n1)c1nnc(-c2ccccc2)o1. The van der Waals surface area contributed by atoms with Gasteiger partial charge in [0.15, 0.2) is 6.10 Å². The first-order valence-electron chi connectivity index (χ1n) is 8.62. The van der Waals surface area contributed by atoms with Gasteiger partial charge in [-0.25, -0.2) is 4.98 Å². The van der Waals surface area contributed by atoms with Gasteiger partial charge in [0.2, 0.25) is 5.89 Å². The molecule has 0 N–H and O–H groups in total. The zero-order valence-electron chi connectivity index (χ0n) is 15.0. The molecule has 0 radical (unpaired) electrons. The van der Waals surface area contributed by atoms with Gasteiger partial charge in [0.05, 0.1) is 12.1 Å². The van der Waals surface area contributed by atoms with Gasteiger partial charge in [-0.15, -0.1) is 21.5 Å². The number of rotatable bonds is 6. The molecule has 1 aromatic carbocycles. The molecular formula is C20H16N4O3S. The van der Waals surface area contributed by atoms with Crippen LogP contribution in [0.1, 0.15) is 24.6 Å². The smallest absolute Gasteiger partial charge is 0.312 e. The number of pyridine rings is 1. The number of benzene rings is 1. The summed E-state index contributed by atoms with van der Waals surface area (Å²) < 4.78 is 11.0.